The third-order valence-corrected chi connectivity index (χ3v) is 4.37. The van der Waals surface area contributed by atoms with E-state index in [1.165, 1.54) is 12.0 Å². The van der Waals surface area contributed by atoms with Gasteiger partial charge in [0.25, 0.3) is 0 Å². The summed E-state index contributed by atoms with van der Waals surface area (Å²) in [5.41, 5.74) is 7.30. The first-order chi connectivity index (χ1) is 8.61. The Bertz CT molecular complexity index is 377. The maximum Gasteiger partial charge on any atom is 0.0471 e. The summed E-state index contributed by atoms with van der Waals surface area (Å²) in [5.74, 6) is 0. The van der Waals surface area contributed by atoms with Crippen molar-refractivity contribution in [3.8, 4) is 0 Å². The zero-order valence-electron chi connectivity index (χ0n) is 11.1. The summed E-state index contributed by atoms with van der Waals surface area (Å²) in [6, 6.07) is 9.54. The van der Waals surface area contributed by atoms with E-state index in [0.717, 1.165) is 17.6 Å². The number of benzene rings is 1. The van der Waals surface area contributed by atoms with E-state index in [-0.39, 0.29) is 0 Å². The van der Waals surface area contributed by atoms with Crippen molar-refractivity contribution in [2.24, 2.45) is 5.73 Å². The lowest BCUT2D eigenvalue weighted by molar-refractivity contribution is 0.220. The quantitative estimate of drug-likeness (QED) is 0.924. The minimum absolute atomic E-state index is 0.350. The van der Waals surface area contributed by atoms with Gasteiger partial charge in [-0.2, -0.15) is 0 Å². The second kappa shape index (κ2) is 6.15. The summed E-state index contributed by atoms with van der Waals surface area (Å²) in [5, 5.41) is 0. The molecule has 100 valence electrons. The largest absolute Gasteiger partial charge is 0.329 e. The summed E-state index contributed by atoms with van der Waals surface area (Å²) in [4.78, 5) is 4.82. The third kappa shape index (κ3) is 3.12. The molecule has 4 heteroatoms. The van der Waals surface area contributed by atoms with Gasteiger partial charge in [0.05, 0.1) is 0 Å². The van der Waals surface area contributed by atoms with Crippen LogP contribution in [0.4, 0.5) is 0 Å². The Balaban J connectivity index is 2.08. The molecule has 1 aliphatic rings. The summed E-state index contributed by atoms with van der Waals surface area (Å²) in [6.45, 7) is 2.94. The first-order valence-corrected chi connectivity index (χ1v) is 7.27. The van der Waals surface area contributed by atoms with Crippen molar-refractivity contribution in [1.29, 1.82) is 0 Å². The van der Waals surface area contributed by atoms with Crippen LogP contribution in [0.25, 0.3) is 0 Å². The Morgan fingerprint density at radius 1 is 1.39 bits per heavy atom. The monoisotopic (exact) mass is 311 g/mol. The molecule has 1 aromatic rings. The van der Waals surface area contributed by atoms with E-state index in [4.69, 9.17) is 5.73 Å². The third-order valence-electron chi connectivity index (χ3n) is 3.84. The van der Waals surface area contributed by atoms with Gasteiger partial charge in [0.2, 0.25) is 0 Å². The lowest BCUT2D eigenvalue weighted by Crippen LogP contribution is -2.36. The Morgan fingerprint density at radius 2 is 2.06 bits per heavy atom. The molecule has 0 amide bonds. The molecule has 0 aromatic heterocycles. The van der Waals surface area contributed by atoms with Crippen molar-refractivity contribution >= 4 is 15.9 Å². The van der Waals surface area contributed by atoms with Crippen molar-refractivity contribution < 1.29 is 0 Å². The van der Waals surface area contributed by atoms with Crippen LogP contribution < -0.4 is 5.73 Å². The SMILES string of the molecule is CN(C)C1CCN(C(CN)c2ccc(Br)cc2)C1. The van der Waals surface area contributed by atoms with E-state index in [0.29, 0.717) is 18.6 Å². The average molecular weight is 312 g/mol. The van der Waals surface area contributed by atoms with Crippen LogP contribution >= 0.6 is 15.9 Å². The molecule has 1 aromatic carbocycles. The van der Waals surface area contributed by atoms with Gasteiger partial charge >= 0.3 is 0 Å². The van der Waals surface area contributed by atoms with E-state index in [1.807, 2.05) is 0 Å². The van der Waals surface area contributed by atoms with Crippen molar-refractivity contribution in [3.05, 3.63) is 34.3 Å². The van der Waals surface area contributed by atoms with E-state index in [1.54, 1.807) is 0 Å². The molecule has 0 radical (unpaired) electrons. The number of halogens is 1. The topological polar surface area (TPSA) is 32.5 Å². The predicted octanol–water partition coefficient (Wildman–Crippen LogP) is 2.08. The van der Waals surface area contributed by atoms with Gasteiger partial charge in [-0.15, -0.1) is 0 Å². The molecular weight excluding hydrogens is 290 g/mol. The molecule has 3 nitrogen and oxygen atoms in total. The van der Waals surface area contributed by atoms with Crippen LogP contribution in [-0.4, -0.2) is 49.6 Å². The number of likely N-dealkylation sites (tertiary alicyclic amines) is 1. The number of nitrogens with zero attached hydrogens (tertiary/aromatic N) is 2. The highest BCUT2D eigenvalue weighted by Gasteiger charge is 2.29. The maximum absolute atomic E-state index is 5.98. The highest BCUT2D eigenvalue weighted by atomic mass is 79.9. The summed E-state index contributed by atoms with van der Waals surface area (Å²) < 4.78 is 1.12. The predicted molar refractivity (Wildman–Crippen MR) is 79.6 cm³/mol. The number of hydrogen-bond acceptors (Lipinski definition) is 3. The zero-order valence-corrected chi connectivity index (χ0v) is 12.7. The van der Waals surface area contributed by atoms with Crippen LogP contribution in [0.1, 0.15) is 18.0 Å². The Kier molecular flexibility index (Phi) is 4.78. The first-order valence-electron chi connectivity index (χ1n) is 6.48. The molecule has 18 heavy (non-hydrogen) atoms. The summed E-state index contributed by atoms with van der Waals surface area (Å²) >= 11 is 3.48. The molecule has 0 spiro atoms. The fourth-order valence-electron chi connectivity index (χ4n) is 2.65. The van der Waals surface area contributed by atoms with Gasteiger partial charge in [-0.25, -0.2) is 0 Å². The Morgan fingerprint density at radius 3 is 2.56 bits per heavy atom. The Labute approximate surface area is 118 Å². The van der Waals surface area contributed by atoms with Crippen LogP contribution in [0.3, 0.4) is 0 Å². The van der Waals surface area contributed by atoms with E-state index in [2.05, 4.69) is 64.1 Å². The van der Waals surface area contributed by atoms with Crippen LogP contribution in [-0.2, 0) is 0 Å². The van der Waals surface area contributed by atoms with Crippen molar-refractivity contribution in [2.45, 2.75) is 18.5 Å². The van der Waals surface area contributed by atoms with E-state index in [9.17, 15) is 0 Å². The Hall–Kier alpha value is -0.420. The minimum Gasteiger partial charge on any atom is -0.329 e. The number of hydrogen-bond donors (Lipinski definition) is 1. The van der Waals surface area contributed by atoms with Crippen molar-refractivity contribution in [3.63, 3.8) is 0 Å². The van der Waals surface area contributed by atoms with E-state index < -0.39 is 0 Å². The molecule has 1 fully saturated rings. The van der Waals surface area contributed by atoms with Gasteiger partial charge in [-0.3, -0.25) is 4.90 Å². The molecule has 0 aliphatic carbocycles. The molecule has 1 saturated heterocycles. The number of rotatable bonds is 4. The van der Waals surface area contributed by atoms with Crippen LogP contribution in [0, 0.1) is 0 Å². The average Bonchev–Trinajstić information content (AvgIpc) is 2.82. The summed E-state index contributed by atoms with van der Waals surface area (Å²) in [7, 11) is 4.32. The smallest absolute Gasteiger partial charge is 0.0471 e. The standard InChI is InChI=1S/C14H22BrN3/c1-17(2)13-7-8-18(10-13)14(9-16)11-3-5-12(15)6-4-11/h3-6,13-14H,7-10,16H2,1-2H3. The fraction of sp³-hybridized carbons (Fsp3) is 0.571. The molecule has 2 unspecified atom stereocenters. The highest BCUT2D eigenvalue weighted by Crippen LogP contribution is 2.26. The second-order valence-electron chi connectivity index (χ2n) is 5.20. The lowest BCUT2D eigenvalue weighted by atomic mass is 10.1. The van der Waals surface area contributed by atoms with Gasteiger partial charge < -0.3 is 10.6 Å². The molecule has 1 aliphatic heterocycles. The molecule has 2 N–H and O–H groups in total. The highest BCUT2D eigenvalue weighted by molar-refractivity contribution is 9.10. The molecule has 0 bridgehead atoms. The van der Waals surface area contributed by atoms with Crippen LogP contribution in [0.5, 0.6) is 0 Å². The first kappa shape index (κ1) is 14.0. The van der Waals surface area contributed by atoms with Gasteiger partial charge in [0, 0.05) is 36.2 Å². The van der Waals surface area contributed by atoms with Gasteiger partial charge in [0.15, 0.2) is 0 Å². The maximum atomic E-state index is 5.98. The van der Waals surface area contributed by atoms with Crippen molar-refractivity contribution in [1.82, 2.24) is 9.80 Å². The number of nitrogens with two attached hydrogens (primary N) is 1. The normalized spacial score (nSPS) is 22.6. The summed E-state index contributed by atoms with van der Waals surface area (Å²) in [6.07, 6.45) is 1.24. The molecule has 2 atom stereocenters. The minimum atomic E-state index is 0.350. The van der Waals surface area contributed by atoms with Gasteiger partial charge in [-0.1, -0.05) is 28.1 Å². The lowest BCUT2D eigenvalue weighted by Gasteiger charge is -2.28. The van der Waals surface area contributed by atoms with Crippen LogP contribution in [0.2, 0.25) is 0 Å². The van der Waals surface area contributed by atoms with Gasteiger partial charge in [-0.05, 0) is 38.2 Å². The fourth-order valence-corrected chi connectivity index (χ4v) is 2.92. The molecular formula is C14H22BrN3. The molecule has 0 saturated carbocycles. The van der Waals surface area contributed by atoms with Crippen LogP contribution in [0.15, 0.2) is 28.7 Å². The van der Waals surface area contributed by atoms with Crippen molar-refractivity contribution in [2.75, 3.05) is 33.7 Å². The molecule has 1 heterocycles. The molecule has 2 rings (SSSR count). The zero-order chi connectivity index (χ0) is 13.1. The second-order valence-corrected chi connectivity index (χ2v) is 6.12. The van der Waals surface area contributed by atoms with Gasteiger partial charge in [0.1, 0.15) is 0 Å². The van der Waals surface area contributed by atoms with E-state index >= 15 is 0 Å². The number of likely N-dealkylation sites (N-methyl/N-ethyl adjacent to an activating group) is 1.